The van der Waals surface area contributed by atoms with Gasteiger partial charge in [-0.3, -0.25) is 10.1 Å². The van der Waals surface area contributed by atoms with Gasteiger partial charge in [-0.05, 0) is 38.0 Å². The van der Waals surface area contributed by atoms with Gasteiger partial charge in [0.05, 0.1) is 12.2 Å². The molecular formula is C15H28N2O. The fraction of sp³-hybridized carbons (Fsp3) is 0.933. The van der Waals surface area contributed by atoms with Gasteiger partial charge in [0.2, 0.25) is 5.91 Å². The number of rotatable bonds is 5. The largest absolute Gasteiger partial charge is 0.323 e. The first-order valence-electron chi connectivity index (χ1n) is 7.68. The highest BCUT2D eigenvalue weighted by Crippen LogP contribution is 2.35. The van der Waals surface area contributed by atoms with E-state index < -0.39 is 0 Å². The Morgan fingerprint density at radius 3 is 2.44 bits per heavy atom. The van der Waals surface area contributed by atoms with Gasteiger partial charge in [0.15, 0.2) is 0 Å². The third kappa shape index (κ3) is 2.29. The molecule has 18 heavy (non-hydrogen) atoms. The van der Waals surface area contributed by atoms with Crippen molar-refractivity contribution >= 4 is 5.91 Å². The summed E-state index contributed by atoms with van der Waals surface area (Å²) in [5.41, 5.74) is 0. The van der Waals surface area contributed by atoms with Crippen molar-refractivity contribution in [3.8, 4) is 0 Å². The lowest BCUT2D eigenvalue weighted by Crippen LogP contribution is -2.48. The Labute approximate surface area is 111 Å². The minimum Gasteiger partial charge on any atom is -0.323 e. The molecule has 0 aromatic heterocycles. The average molecular weight is 252 g/mol. The van der Waals surface area contributed by atoms with Crippen LogP contribution in [-0.4, -0.2) is 29.1 Å². The van der Waals surface area contributed by atoms with E-state index in [9.17, 15) is 4.79 Å². The van der Waals surface area contributed by atoms with Crippen LogP contribution in [0.1, 0.15) is 59.8 Å². The number of hydrogen-bond donors (Lipinski definition) is 1. The molecule has 1 amide bonds. The summed E-state index contributed by atoms with van der Waals surface area (Å²) in [4.78, 5) is 14.8. The molecular weight excluding hydrogens is 224 g/mol. The van der Waals surface area contributed by atoms with Gasteiger partial charge in [-0.1, -0.05) is 33.6 Å². The van der Waals surface area contributed by atoms with E-state index in [2.05, 4.69) is 37.9 Å². The van der Waals surface area contributed by atoms with E-state index in [1.54, 1.807) is 0 Å². The van der Waals surface area contributed by atoms with Gasteiger partial charge in [0.25, 0.3) is 0 Å². The van der Waals surface area contributed by atoms with Crippen LogP contribution >= 0.6 is 0 Å². The van der Waals surface area contributed by atoms with Crippen LogP contribution in [-0.2, 0) is 4.79 Å². The predicted octanol–water partition coefficient (Wildman–Crippen LogP) is 2.76. The second-order valence-corrected chi connectivity index (χ2v) is 6.13. The van der Waals surface area contributed by atoms with E-state index in [4.69, 9.17) is 0 Å². The zero-order valence-electron chi connectivity index (χ0n) is 12.3. The summed E-state index contributed by atoms with van der Waals surface area (Å²) in [5.74, 6) is 1.52. The molecule has 0 aromatic rings. The normalized spacial score (nSPS) is 32.4. The van der Waals surface area contributed by atoms with E-state index in [0.717, 1.165) is 18.8 Å². The second kappa shape index (κ2) is 5.60. The highest BCUT2D eigenvalue weighted by Gasteiger charge is 2.44. The van der Waals surface area contributed by atoms with Gasteiger partial charge >= 0.3 is 0 Å². The molecule has 1 saturated carbocycles. The maximum absolute atomic E-state index is 12.6. The molecule has 4 unspecified atom stereocenters. The number of nitrogens with one attached hydrogen (secondary N) is 1. The molecule has 3 heteroatoms. The predicted molar refractivity (Wildman–Crippen MR) is 74.1 cm³/mol. The Kier molecular flexibility index (Phi) is 4.31. The summed E-state index contributed by atoms with van der Waals surface area (Å²) in [6.07, 6.45) is 6.27. The Morgan fingerprint density at radius 2 is 2.00 bits per heavy atom. The molecule has 1 aliphatic carbocycles. The molecule has 0 radical (unpaired) electrons. The van der Waals surface area contributed by atoms with Crippen molar-refractivity contribution in [3.05, 3.63) is 0 Å². The van der Waals surface area contributed by atoms with Crippen LogP contribution < -0.4 is 5.32 Å². The first kappa shape index (κ1) is 13.9. The molecule has 0 bridgehead atoms. The molecule has 104 valence electrons. The summed E-state index contributed by atoms with van der Waals surface area (Å²) in [6, 6.07) is 0.459. The van der Waals surface area contributed by atoms with Crippen LogP contribution in [0.2, 0.25) is 0 Å². The van der Waals surface area contributed by atoms with E-state index in [1.165, 1.54) is 19.3 Å². The van der Waals surface area contributed by atoms with Crippen LogP contribution in [0.4, 0.5) is 0 Å². The summed E-state index contributed by atoms with van der Waals surface area (Å²) >= 11 is 0. The fourth-order valence-corrected chi connectivity index (χ4v) is 3.26. The zero-order valence-corrected chi connectivity index (χ0v) is 12.3. The molecule has 2 rings (SSSR count). The van der Waals surface area contributed by atoms with Gasteiger partial charge in [0, 0.05) is 6.04 Å². The molecule has 1 saturated heterocycles. The minimum atomic E-state index is 0.0440. The monoisotopic (exact) mass is 252 g/mol. The van der Waals surface area contributed by atoms with Crippen molar-refractivity contribution in [2.24, 2.45) is 11.8 Å². The third-order valence-corrected chi connectivity index (χ3v) is 5.10. The van der Waals surface area contributed by atoms with Crippen molar-refractivity contribution in [2.45, 2.75) is 78.0 Å². The second-order valence-electron chi connectivity index (χ2n) is 6.13. The molecule has 0 aromatic carbocycles. The average Bonchev–Trinajstić information content (AvgIpc) is 2.62. The minimum absolute atomic E-state index is 0.0440. The van der Waals surface area contributed by atoms with Crippen LogP contribution in [0.3, 0.4) is 0 Å². The Hall–Kier alpha value is -0.570. The number of nitrogens with zero attached hydrogens (tertiary/aromatic N) is 1. The maximum Gasteiger partial charge on any atom is 0.241 e. The third-order valence-electron chi connectivity index (χ3n) is 5.10. The van der Waals surface area contributed by atoms with Gasteiger partial charge < -0.3 is 4.90 Å². The van der Waals surface area contributed by atoms with E-state index >= 15 is 0 Å². The summed E-state index contributed by atoms with van der Waals surface area (Å²) in [5, 5.41) is 3.55. The molecule has 2 fully saturated rings. The van der Waals surface area contributed by atoms with Gasteiger partial charge in [0.1, 0.15) is 0 Å². The van der Waals surface area contributed by atoms with Crippen molar-refractivity contribution < 1.29 is 4.79 Å². The van der Waals surface area contributed by atoms with Crippen molar-refractivity contribution in [3.63, 3.8) is 0 Å². The summed E-state index contributed by atoms with van der Waals surface area (Å²) in [7, 11) is 0. The first-order chi connectivity index (χ1) is 8.60. The first-order valence-corrected chi connectivity index (χ1v) is 7.68. The standard InChI is InChI=1S/C15H28N2O/c1-5-10(3)14-15(18)17(13(6-2)16-14)11(4)12-8-7-9-12/h10-14,16H,5-9H2,1-4H3. The van der Waals surface area contributed by atoms with E-state index in [1.807, 2.05) is 0 Å². The SMILES string of the molecule is CCC(C)C1NC(CC)N(C(C)C2CCC2)C1=O. The van der Waals surface area contributed by atoms with Gasteiger partial charge in [-0.2, -0.15) is 0 Å². The van der Waals surface area contributed by atoms with E-state index in [0.29, 0.717) is 17.9 Å². The number of amides is 1. The molecule has 3 nitrogen and oxygen atoms in total. The van der Waals surface area contributed by atoms with Gasteiger partial charge in [-0.25, -0.2) is 0 Å². The molecule has 1 heterocycles. The molecule has 1 N–H and O–H groups in total. The molecule has 4 atom stereocenters. The van der Waals surface area contributed by atoms with Crippen LogP contribution in [0.15, 0.2) is 0 Å². The van der Waals surface area contributed by atoms with Crippen molar-refractivity contribution in [1.29, 1.82) is 0 Å². The summed E-state index contributed by atoms with van der Waals surface area (Å²) < 4.78 is 0. The maximum atomic E-state index is 12.6. The van der Waals surface area contributed by atoms with Crippen LogP contribution in [0, 0.1) is 11.8 Å². The molecule has 2 aliphatic rings. The Morgan fingerprint density at radius 1 is 1.33 bits per heavy atom. The van der Waals surface area contributed by atoms with Crippen molar-refractivity contribution in [2.75, 3.05) is 0 Å². The number of hydrogen-bond acceptors (Lipinski definition) is 2. The van der Waals surface area contributed by atoms with Crippen molar-refractivity contribution in [1.82, 2.24) is 10.2 Å². The Bertz CT molecular complexity index is 301. The molecule has 1 aliphatic heterocycles. The topological polar surface area (TPSA) is 32.3 Å². The van der Waals surface area contributed by atoms with E-state index in [-0.39, 0.29) is 12.2 Å². The van der Waals surface area contributed by atoms with Crippen LogP contribution in [0.5, 0.6) is 0 Å². The smallest absolute Gasteiger partial charge is 0.241 e. The van der Waals surface area contributed by atoms with Crippen LogP contribution in [0.25, 0.3) is 0 Å². The Balaban J connectivity index is 2.09. The lowest BCUT2D eigenvalue weighted by atomic mass is 9.79. The summed E-state index contributed by atoms with van der Waals surface area (Å²) in [6.45, 7) is 8.76. The fourth-order valence-electron chi connectivity index (χ4n) is 3.26. The quantitative estimate of drug-likeness (QED) is 0.816. The highest BCUT2D eigenvalue weighted by molar-refractivity contribution is 5.85. The zero-order chi connectivity index (χ0) is 13.3. The highest BCUT2D eigenvalue weighted by atomic mass is 16.2. The molecule has 0 spiro atoms. The number of carbonyl (C=O) groups is 1. The lowest BCUT2D eigenvalue weighted by Gasteiger charge is -2.39. The number of carbonyl (C=O) groups excluding carboxylic acids is 1. The lowest BCUT2D eigenvalue weighted by molar-refractivity contribution is -0.134. The van der Waals surface area contributed by atoms with Gasteiger partial charge in [-0.15, -0.1) is 0 Å².